The summed E-state index contributed by atoms with van der Waals surface area (Å²) in [5.41, 5.74) is 4.75. The number of aryl methyl sites for hydroxylation is 2. The summed E-state index contributed by atoms with van der Waals surface area (Å²) < 4.78 is 2.20. The monoisotopic (exact) mass is 350 g/mol. The Bertz CT molecular complexity index is 867. The number of aromatic nitrogens is 4. The maximum atomic E-state index is 4.54. The van der Waals surface area contributed by atoms with Crippen molar-refractivity contribution in [1.29, 1.82) is 0 Å². The Labute approximate surface area is 152 Å². The van der Waals surface area contributed by atoms with Crippen LogP contribution in [0.4, 0.5) is 0 Å². The largest absolute Gasteiger partial charge is 0.270 e. The third-order valence-corrected chi connectivity index (χ3v) is 6.17. The van der Waals surface area contributed by atoms with Gasteiger partial charge in [0.2, 0.25) is 0 Å². The van der Waals surface area contributed by atoms with Gasteiger partial charge in [0.1, 0.15) is 0 Å². The molecule has 0 atom stereocenters. The van der Waals surface area contributed by atoms with Crippen LogP contribution in [0.2, 0.25) is 0 Å². The zero-order valence-electron chi connectivity index (χ0n) is 14.6. The molecule has 2 heterocycles. The SMILES string of the molecule is Cc1ccc(-n2c(SC3CCCC3)nnc2-c2ccncc2)cc1C. The highest BCUT2D eigenvalue weighted by atomic mass is 32.2. The molecule has 0 amide bonds. The van der Waals surface area contributed by atoms with Crippen molar-refractivity contribution in [3.05, 3.63) is 53.9 Å². The maximum absolute atomic E-state index is 4.54. The molecular weight excluding hydrogens is 328 g/mol. The number of hydrogen-bond acceptors (Lipinski definition) is 4. The van der Waals surface area contributed by atoms with Crippen molar-refractivity contribution in [3.8, 4) is 17.1 Å². The molecule has 2 aromatic heterocycles. The van der Waals surface area contributed by atoms with Crippen LogP contribution in [0, 0.1) is 13.8 Å². The van der Waals surface area contributed by atoms with Gasteiger partial charge in [-0.05, 0) is 62.1 Å². The van der Waals surface area contributed by atoms with Crippen LogP contribution < -0.4 is 0 Å². The lowest BCUT2D eigenvalue weighted by Crippen LogP contribution is -2.03. The summed E-state index contributed by atoms with van der Waals surface area (Å²) >= 11 is 1.87. The van der Waals surface area contributed by atoms with E-state index in [-0.39, 0.29) is 0 Å². The fraction of sp³-hybridized carbons (Fsp3) is 0.350. The van der Waals surface area contributed by atoms with Crippen molar-refractivity contribution in [2.45, 2.75) is 49.9 Å². The van der Waals surface area contributed by atoms with Gasteiger partial charge in [-0.1, -0.05) is 30.7 Å². The second-order valence-corrected chi connectivity index (χ2v) is 7.94. The Morgan fingerprint density at radius 3 is 2.44 bits per heavy atom. The number of rotatable bonds is 4. The minimum absolute atomic E-state index is 0.653. The van der Waals surface area contributed by atoms with Crippen molar-refractivity contribution in [3.63, 3.8) is 0 Å². The van der Waals surface area contributed by atoms with Gasteiger partial charge in [0.25, 0.3) is 0 Å². The van der Waals surface area contributed by atoms with Gasteiger partial charge in [0, 0.05) is 23.2 Å². The molecule has 0 N–H and O–H groups in total. The summed E-state index contributed by atoms with van der Waals surface area (Å²) in [5, 5.41) is 10.7. The van der Waals surface area contributed by atoms with E-state index in [1.807, 2.05) is 23.9 Å². The minimum Gasteiger partial charge on any atom is -0.270 e. The molecule has 3 aromatic rings. The Kier molecular flexibility index (Phi) is 4.57. The van der Waals surface area contributed by atoms with Crippen LogP contribution in [0.1, 0.15) is 36.8 Å². The van der Waals surface area contributed by atoms with Gasteiger partial charge in [-0.25, -0.2) is 0 Å². The summed E-state index contributed by atoms with van der Waals surface area (Å²) in [4.78, 5) is 4.13. The van der Waals surface area contributed by atoms with Gasteiger partial charge in [-0.3, -0.25) is 9.55 Å². The molecule has 0 aliphatic heterocycles. The van der Waals surface area contributed by atoms with E-state index < -0.39 is 0 Å². The summed E-state index contributed by atoms with van der Waals surface area (Å²) in [6.07, 6.45) is 8.81. The first-order chi connectivity index (χ1) is 12.2. The number of pyridine rings is 1. The predicted molar refractivity (Wildman–Crippen MR) is 102 cm³/mol. The normalized spacial score (nSPS) is 15.0. The molecule has 25 heavy (non-hydrogen) atoms. The Morgan fingerprint density at radius 2 is 1.72 bits per heavy atom. The lowest BCUT2D eigenvalue weighted by molar-refractivity contribution is 0.852. The quantitative estimate of drug-likeness (QED) is 0.665. The van der Waals surface area contributed by atoms with E-state index in [0.717, 1.165) is 22.2 Å². The molecule has 4 nitrogen and oxygen atoms in total. The number of nitrogens with zero attached hydrogens (tertiary/aromatic N) is 4. The van der Waals surface area contributed by atoms with Crippen molar-refractivity contribution in [2.75, 3.05) is 0 Å². The second-order valence-electron chi connectivity index (χ2n) is 6.67. The van der Waals surface area contributed by atoms with Crippen molar-refractivity contribution < 1.29 is 0 Å². The van der Waals surface area contributed by atoms with E-state index in [0.29, 0.717) is 5.25 Å². The lowest BCUT2D eigenvalue weighted by Gasteiger charge is -2.14. The molecule has 4 rings (SSSR count). The lowest BCUT2D eigenvalue weighted by atomic mass is 10.1. The first-order valence-corrected chi connectivity index (χ1v) is 9.70. The maximum Gasteiger partial charge on any atom is 0.196 e. The van der Waals surface area contributed by atoms with Gasteiger partial charge >= 0.3 is 0 Å². The van der Waals surface area contributed by atoms with Crippen LogP contribution in [0.3, 0.4) is 0 Å². The molecule has 0 unspecified atom stereocenters. The molecule has 1 saturated carbocycles. The fourth-order valence-electron chi connectivity index (χ4n) is 3.29. The zero-order valence-corrected chi connectivity index (χ0v) is 15.5. The molecule has 128 valence electrons. The molecule has 1 fully saturated rings. The van der Waals surface area contributed by atoms with Crippen LogP contribution in [0.5, 0.6) is 0 Å². The average Bonchev–Trinajstić information content (AvgIpc) is 3.28. The van der Waals surface area contributed by atoms with Gasteiger partial charge in [-0.15, -0.1) is 10.2 Å². The highest BCUT2D eigenvalue weighted by Crippen LogP contribution is 2.36. The van der Waals surface area contributed by atoms with E-state index in [9.17, 15) is 0 Å². The van der Waals surface area contributed by atoms with Crippen LogP contribution in [0.15, 0.2) is 47.9 Å². The molecule has 0 radical (unpaired) electrons. The van der Waals surface area contributed by atoms with Crippen molar-refractivity contribution in [1.82, 2.24) is 19.7 Å². The molecular formula is C20H22N4S. The standard InChI is InChI=1S/C20H22N4S/c1-14-7-8-17(13-15(14)2)24-19(16-9-11-21-12-10-16)22-23-20(24)25-18-5-3-4-6-18/h7-13,18H,3-6H2,1-2H3. The van der Waals surface area contributed by atoms with Gasteiger partial charge in [-0.2, -0.15) is 0 Å². The van der Waals surface area contributed by atoms with E-state index in [1.54, 1.807) is 12.4 Å². The summed E-state index contributed by atoms with van der Waals surface area (Å²) in [7, 11) is 0. The van der Waals surface area contributed by atoms with E-state index >= 15 is 0 Å². The van der Waals surface area contributed by atoms with Gasteiger partial charge in [0.05, 0.1) is 5.69 Å². The molecule has 5 heteroatoms. The molecule has 1 aliphatic rings. The van der Waals surface area contributed by atoms with Crippen LogP contribution >= 0.6 is 11.8 Å². The third-order valence-electron chi connectivity index (χ3n) is 4.89. The second kappa shape index (κ2) is 7.00. The van der Waals surface area contributed by atoms with E-state index in [4.69, 9.17) is 0 Å². The molecule has 0 bridgehead atoms. The predicted octanol–water partition coefficient (Wildman–Crippen LogP) is 4.98. The molecule has 1 aromatic carbocycles. The van der Waals surface area contributed by atoms with Gasteiger partial charge < -0.3 is 0 Å². The van der Waals surface area contributed by atoms with E-state index in [2.05, 4.69) is 51.8 Å². The van der Waals surface area contributed by atoms with Crippen LogP contribution in [0.25, 0.3) is 17.1 Å². The van der Waals surface area contributed by atoms with Crippen molar-refractivity contribution in [2.24, 2.45) is 0 Å². The molecule has 0 spiro atoms. The van der Waals surface area contributed by atoms with Gasteiger partial charge in [0.15, 0.2) is 11.0 Å². The summed E-state index contributed by atoms with van der Waals surface area (Å²) in [6, 6.07) is 10.5. The Balaban J connectivity index is 1.82. The number of hydrogen-bond donors (Lipinski definition) is 0. The zero-order chi connectivity index (χ0) is 17.2. The minimum atomic E-state index is 0.653. The van der Waals surface area contributed by atoms with Crippen LogP contribution in [-0.2, 0) is 0 Å². The first kappa shape index (κ1) is 16.3. The molecule has 0 saturated heterocycles. The van der Waals surface area contributed by atoms with Crippen molar-refractivity contribution >= 4 is 11.8 Å². The summed E-state index contributed by atoms with van der Waals surface area (Å²) in [5.74, 6) is 0.881. The topological polar surface area (TPSA) is 43.6 Å². The average molecular weight is 350 g/mol. The first-order valence-electron chi connectivity index (χ1n) is 8.82. The summed E-state index contributed by atoms with van der Waals surface area (Å²) in [6.45, 7) is 4.29. The molecule has 1 aliphatic carbocycles. The Hall–Kier alpha value is -2.14. The highest BCUT2D eigenvalue weighted by Gasteiger charge is 2.22. The Morgan fingerprint density at radius 1 is 0.960 bits per heavy atom. The van der Waals surface area contributed by atoms with E-state index in [1.165, 1.54) is 36.8 Å². The third kappa shape index (κ3) is 3.33. The fourth-order valence-corrected chi connectivity index (χ4v) is 4.54. The number of benzene rings is 1. The van der Waals surface area contributed by atoms with Crippen LogP contribution in [-0.4, -0.2) is 25.0 Å². The smallest absolute Gasteiger partial charge is 0.196 e. The number of thioether (sulfide) groups is 1. The highest BCUT2D eigenvalue weighted by molar-refractivity contribution is 7.99.